The normalized spacial score (nSPS) is 17.7. The Morgan fingerprint density at radius 2 is 1.66 bits per heavy atom. The van der Waals surface area contributed by atoms with E-state index in [9.17, 15) is 8.42 Å². The van der Waals surface area contributed by atoms with Crippen LogP contribution < -0.4 is 4.90 Å². The summed E-state index contributed by atoms with van der Waals surface area (Å²) in [5.74, 6) is 1.19. The molecule has 2 aromatic carbocycles. The van der Waals surface area contributed by atoms with Gasteiger partial charge in [0, 0.05) is 55.1 Å². The molecule has 0 bridgehead atoms. The quantitative estimate of drug-likeness (QED) is 0.248. The van der Waals surface area contributed by atoms with Crippen molar-refractivity contribution < 1.29 is 8.42 Å². The molecule has 1 fully saturated rings. The van der Waals surface area contributed by atoms with Crippen LogP contribution in [0.2, 0.25) is 5.02 Å². The van der Waals surface area contributed by atoms with E-state index in [1.807, 2.05) is 54.9 Å². The van der Waals surface area contributed by atoms with Crippen molar-refractivity contribution >= 4 is 39.1 Å². The summed E-state index contributed by atoms with van der Waals surface area (Å²) < 4.78 is 26.1. The van der Waals surface area contributed by atoms with Crippen LogP contribution in [-0.2, 0) is 16.6 Å². The van der Waals surface area contributed by atoms with E-state index in [1.54, 1.807) is 4.31 Å². The highest BCUT2D eigenvalue weighted by Gasteiger charge is 2.36. The molecule has 6 rings (SSSR count). The van der Waals surface area contributed by atoms with Crippen LogP contribution in [0.4, 0.5) is 5.82 Å². The number of rotatable bonds is 7. The highest BCUT2D eigenvalue weighted by molar-refractivity contribution is 7.88. The number of hydrogen-bond donors (Lipinski definition) is 0. The van der Waals surface area contributed by atoms with Crippen molar-refractivity contribution in [2.75, 3.05) is 30.8 Å². The minimum atomic E-state index is -3.21. The average molecular weight is 585 g/mol. The third-order valence-corrected chi connectivity index (χ3v) is 9.72. The van der Waals surface area contributed by atoms with Gasteiger partial charge in [0.2, 0.25) is 10.0 Å². The second-order valence-corrected chi connectivity index (χ2v) is 13.3. The molecule has 3 heterocycles. The third-order valence-electron chi connectivity index (χ3n) is 8.18. The molecule has 4 aromatic rings. The number of halogens is 1. The van der Waals surface area contributed by atoms with E-state index in [2.05, 4.69) is 47.4 Å². The van der Waals surface area contributed by atoms with Crippen molar-refractivity contribution in [2.24, 2.45) is 5.92 Å². The summed E-state index contributed by atoms with van der Waals surface area (Å²) in [5, 5.41) is 0.690. The summed E-state index contributed by atoms with van der Waals surface area (Å²) in [6.45, 7) is 2.39. The van der Waals surface area contributed by atoms with Crippen molar-refractivity contribution in [1.82, 2.24) is 14.3 Å². The predicted octanol–water partition coefficient (Wildman–Crippen LogP) is 6.49. The Hall–Kier alpha value is -3.52. The fourth-order valence-electron chi connectivity index (χ4n) is 6.22. The molecular formula is C33H33ClN4O2S. The zero-order valence-electron chi connectivity index (χ0n) is 23.0. The fraction of sp³-hybridized carbons (Fsp3) is 0.273. The van der Waals surface area contributed by atoms with Gasteiger partial charge in [0.05, 0.1) is 11.9 Å². The van der Waals surface area contributed by atoms with E-state index in [0.717, 1.165) is 41.1 Å². The first-order valence-electron chi connectivity index (χ1n) is 14.0. The minimum Gasteiger partial charge on any atom is -0.348 e. The molecule has 0 spiro atoms. The Kier molecular flexibility index (Phi) is 7.93. The lowest BCUT2D eigenvalue weighted by atomic mass is 9.76. The summed E-state index contributed by atoms with van der Waals surface area (Å²) in [7, 11) is -3.21. The fourth-order valence-corrected chi connectivity index (χ4v) is 7.28. The van der Waals surface area contributed by atoms with E-state index in [-0.39, 0.29) is 11.8 Å². The Morgan fingerprint density at radius 1 is 0.902 bits per heavy atom. The van der Waals surface area contributed by atoms with Gasteiger partial charge in [0.15, 0.2) is 0 Å². The molecule has 6 nitrogen and oxygen atoms in total. The number of anilines is 1. The molecular weight excluding hydrogens is 552 g/mol. The summed E-state index contributed by atoms with van der Waals surface area (Å²) in [6, 6.07) is 26.7. The van der Waals surface area contributed by atoms with Gasteiger partial charge >= 0.3 is 0 Å². The zero-order chi connectivity index (χ0) is 28.4. The van der Waals surface area contributed by atoms with Crippen LogP contribution in [0.3, 0.4) is 0 Å². The van der Waals surface area contributed by atoms with E-state index >= 15 is 0 Å². The van der Waals surface area contributed by atoms with E-state index in [0.29, 0.717) is 31.2 Å². The summed E-state index contributed by atoms with van der Waals surface area (Å²) in [6.07, 6.45) is 8.81. The molecule has 1 aliphatic carbocycles. The van der Waals surface area contributed by atoms with Crippen LogP contribution in [0, 0.1) is 5.92 Å². The second kappa shape index (κ2) is 11.8. The maximum atomic E-state index is 12.2. The van der Waals surface area contributed by atoms with Crippen LogP contribution >= 0.6 is 11.6 Å². The van der Waals surface area contributed by atoms with Gasteiger partial charge in [0.1, 0.15) is 5.82 Å². The first-order chi connectivity index (χ1) is 19.9. The smallest absolute Gasteiger partial charge is 0.211 e. The van der Waals surface area contributed by atoms with Crippen LogP contribution in [0.25, 0.3) is 11.6 Å². The van der Waals surface area contributed by atoms with Gasteiger partial charge < -0.3 is 4.90 Å². The van der Waals surface area contributed by atoms with Crippen molar-refractivity contribution in [1.29, 1.82) is 0 Å². The van der Waals surface area contributed by atoms with E-state index in [1.165, 1.54) is 17.4 Å². The van der Waals surface area contributed by atoms with Crippen molar-refractivity contribution in [2.45, 2.75) is 25.3 Å². The highest BCUT2D eigenvalue weighted by atomic mass is 35.5. The van der Waals surface area contributed by atoms with Crippen molar-refractivity contribution in [3.63, 3.8) is 0 Å². The Morgan fingerprint density at radius 3 is 2.39 bits per heavy atom. The van der Waals surface area contributed by atoms with Crippen LogP contribution in [0.15, 0.2) is 91.3 Å². The highest BCUT2D eigenvalue weighted by Crippen LogP contribution is 2.45. The number of pyridine rings is 2. The molecule has 0 N–H and O–H groups in total. The molecule has 1 unspecified atom stereocenters. The van der Waals surface area contributed by atoms with Crippen molar-refractivity contribution in [3.8, 4) is 0 Å². The van der Waals surface area contributed by atoms with Gasteiger partial charge in [-0.25, -0.2) is 17.7 Å². The van der Waals surface area contributed by atoms with Gasteiger partial charge in [-0.2, -0.15) is 0 Å². The molecule has 2 aromatic heterocycles. The molecule has 1 aliphatic heterocycles. The third kappa shape index (κ3) is 6.08. The van der Waals surface area contributed by atoms with Gasteiger partial charge in [-0.3, -0.25) is 4.98 Å². The van der Waals surface area contributed by atoms with Gasteiger partial charge in [-0.15, -0.1) is 0 Å². The van der Waals surface area contributed by atoms with Gasteiger partial charge in [0.25, 0.3) is 0 Å². The maximum absolute atomic E-state index is 12.2. The number of nitrogens with zero attached hydrogens (tertiary/aromatic N) is 4. The van der Waals surface area contributed by atoms with Crippen molar-refractivity contribution in [3.05, 3.63) is 124 Å². The summed E-state index contributed by atoms with van der Waals surface area (Å²) in [5.41, 5.74) is 6.78. The Labute approximate surface area is 247 Å². The van der Waals surface area contributed by atoms with E-state index < -0.39 is 10.0 Å². The van der Waals surface area contributed by atoms with Crippen LogP contribution in [-0.4, -0.2) is 48.6 Å². The number of hydrogen-bond acceptors (Lipinski definition) is 5. The largest absolute Gasteiger partial charge is 0.348 e. The topological polar surface area (TPSA) is 66.4 Å². The van der Waals surface area contributed by atoms with Crippen LogP contribution in [0.1, 0.15) is 46.7 Å². The average Bonchev–Trinajstić information content (AvgIpc) is 3.11. The maximum Gasteiger partial charge on any atom is 0.211 e. The zero-order valence-corrected chi connectivity index (χ0v) is 24.6. The first kappa shape index (κ1) is 27.6. The molecule has 210 valence electrons. The number of benzene rings is 2. The molecule has 1 saturated heterocycles. The van der Waals surface area contributed by atoms with Crippen LogP contribution in [0.5, 0.6) is 0 Å². The number of sulfonamides is 1. The van der Waals surface area contributed by atoms with E-state index in [4.69, 9.17) is 21.6 Å². The molecule has 2 aliphatic rings. The minimum absolute atomic E-state index is 0.0337. The van der Waals surface area contributed by atoms with Gasteiger partial charge in [-0.05, 0) is 77.4 Å². The lowest BCUT2D eigenvalue weighted by Crippen LogP contribution is -2.39. The molecule has 8 heteroatoms. The summed E-state index contributed by atoms with van der Waals surface area (Å²) in [4.78, 5) is 12.0. The number of aromatic nitrogens is 2. The Balaban J connectivity index is 1.42. The SMILES string of the molecule is CS(=O)(=O)N1CCC(C2c3ccc(Cl)cc3C=C(CN(Cc3ccccc3)c3ccccn3)c3cccnc32)CC1. The second-order valence-electron chi connectivity index (χ2n) is 10.9. The monoisotopic (exact) mass is 584 g/mol. The molecule has 1 atom stereocenters. The lowest BCUT2D eigenvalue weighted by Gasteiger charge is -2.35. The molecule has 41 heavy (non-hydrogen) atoms. The Bertz CT molecular complexity index is 1650. The predicted molar refractivity (Wildman–Crippen MR) is 166 cm³/mol. The molecule has 0 amide bonds. The standard InChI is InChI=1S/C33H33ClN4O2S/c1-41(39,40)38-18-14-25(15-19-38)32-29-13-12-28(34)21-26(29)20-27(30-10-7-17-36-33(30)32)23-37(31-11-5-6-16-35-31)22-24-8-3-2-4-9-24/h2-13,16-17,20-21,25,32H,14-15,18-19,22-23H2,1H3. The lowest BCUT2D eigenvalue weighted by molar-refractivity contribution is 0.256. The molecule has 0 radical (unpaired) electrons. The number of fused-ring (bicyclic) bond motifs is 2. The molecule has 0 saturated carbocycles. The summed E-state index contributed by atoms with van der Waals surface area (Å²) >= 11 is 6.56. The van der Waals surface area contributed by atoms with Gasteiger partial charge in [-0.1, -0.05) is 60.1 Å². The number of piperidine rings is 1. The first-order valence-corrected chi connectivity index (χ1v) is 16.2.